The third-order valence-corrected chi connectivity index (χ3v) is 8.67. The van der Waals surface area contributed by atoms with Crippen LogP contribution in [-0.2, 0) is 0 Å². The molecule has 38 heavy (non-hydrogen) atoms. The van der Waals surface area contributed by atoms with E-state index in [1.54, 1.807) is 18.3 Å². The number of aromatic nitrogens is 3. The van der Waals surface area contributed by atoms with Crippen LogP contribution in [0, 0.1) is 11.6 Å². The van der Waals surface area contributed by atoms with Crippen LogP contribution in [0.5, 0.6) is 6.01 Å². The Hall–Kier alpha value is -3.01. The first-order valence-corrected chi connectivity index (χ1v) is 13.6. The lowest BCUT2D eigenvalue weighted by Crippen LogP contribution is -2.51. The Balaban J connectivity index is 1.37. The molecule has 7 rings (SSSR count). The van der Waals surface area contributed by atoms with Gasteiger partial charge >= 0.3 is 6.01 Å². The van der Waals surface area contributed by atoms with E-state index in [9.17, 15) is 0 Å². The van der Waals surface area contributed by atoms with Gasteiger partial charge in [-0.1, -0.05) is 17.7 Å². The first kappa shape index (κ1) is 24.1. The molecule has 0 aliphatic carbocycles. The zero-order valence-corrected chi connectivity index (χ0v) is 21.9. The molecular formula is C28H29ClF2N6O. The van der Waals surface area contributed by atoms with Gasteiger partial charge in [-0.3, -0.25) is 0 Å². The Morgan fingerprint density at radius 2 is 1.95 bits per heavy atom. The third-order valence-electron chi connectivity index (χ3n) is 8.36. The highest BCUT2D eigenvalue weighted by molar-refractivity contribution is 6.36. The zero-order chi connectivity index (χ0) is 26.0. The van der Waals surface area contributed by atoms with Crippen LogP contribution in [0.4, 0.5) is 14.6 Å². The van der Waals surface area contributed by atoms with Crippen molar-refractivity contribution >= 4 is 39.2 Å². The van der Waals surface area contributed by atoms with Crippen molar-refractivity contribution in [3.63, 3.8) is 0 Å². The van der Waals surface area contributed by atoms with Gasteiger partial charge in [0.15, 0.2) is 5.82 Å². The lowest BCUT2D eigenvalue weighted by Gasteiger charge is -2.34. The van der Waals surface area contributed by atoms with E-state index in [1.807, 2.05) is 6.07 Å². The van der Waals surface area contributed by atoms with Gasteiger partial charge in [-0.25, -0.2) is 8.78 Å². The molecule has 3 atom stereocenters. The molecule has 5 heterocycles. The number of ether oxygens (including phenoxy) is 1. The van der Waals surface area contributed by atoms with Crippen molar-refractivity contribution in [2.45, 2.75) is 43.8 Å². The molecule has 0 amide bonds. The van der Waals surface area contributed by atoms with E-state index in [2.05, 4.69) is 32.1 Å². The van der Waals surface area contributed by atoms with Crippen molar-refractivity contribution in [3.8, 4) is 17.1 Å². The molecule has 0 radical (unpaired) electrons. The molecule has 2 aromatic carbocycles. The summed E-state index contributed by atoms with van der Waals surface area (Å²) in [5, 5.41) is 4.94. The minimum atomic E-state index is -0.745. The van der Waals surface area contributed by atoms with Gasteiger partial charge in [0.2, 0.25) is 0 Å². The van der Waals surface area contributed by atoms with Crippen molar-refractivity contribution in [1.82, 2.24) is 25.2 Å². The van der Waals surface area contributed by atoms with Crippen molar-refractivity contribution in [1.29, 1.82) is 0 Å². The second-order valence-electron chi connectivity index (χ2n) is 10.8. The maximum absolute atomic E-state index is 16.4. The number of piperazine rings is 1. The monoisotopic (exact) mass is 538 g/mol. The van der Waals surface area contributed by atoms with Crippen LogP contribution in [0.25, 0.3) is 32.9 Å². The minimum Gasteiger partial charge on any atom is -0.462 e. The number of aromatic amines is 1. The lowest BCUT2D eigenvalue weighted by molar-refractivity contribution is 0.188. The molecule has 198 valence electrons. The predicted octanol–water partition coefficient (Wildman–Crippen LogP) is 5.12. The Labute approximate surface area is 224 Å². The standard InChI is InChI=1S/C28H29ClF2N6O/c1-36-9-3-4-17(36)14-38-28-34-26-18(27(35-28)37-12-15-7-8-16(13-37)33-15)10-21(30)24(25(26)31)19-11-32-22-6-2-5-20(29)23(19)22/h2,5-6,10-11,15-17,32-33H,3-4,7-9,12-14H2,1H3/t15-,16+,17-/m0/s1. The highest BCUT2D eigenvalue weighted by atomic mass is 35.5. The van der Waals surface area contributed by atoms with Crippen LogP contribution in [0.3, 0.4) is 0 Å². The van der Waals surface area contributed by atoms with Crippen LogP contribution < -0.4 is 15.0 Å². The summed E-state index contributed by atoms with van der Waals surface area (Å²) in [6.07, 6.45) is 5.89. The number of benzene rings is 2. The fourth-order valence-electron chi connectivity index (χ4n) is 6.38. The highest BCUT2D eigenvalue weighted by Crippen LogP contribution is 2.41. The Morgan fingerprint density at radius 3 is 2.71 bits per heavy atom. The molecule has 0 saturated carbocycles. The Morgan fingerprint density at radius 1 is 1.13 bits per heavy atom. The normalized spacial score (nSPS) is 23.7. The molecule has 10 heteroatoms. The molecule has 2 bridgehead atoms. The molecular weight excluding hydrogens is 510 g/mol. The fourth-order valence-corrected chi connectivity index (χ4v) is 6.66. The third kappa shape index (κ3) is 3.99. The molecule has 3 fully saturated rings. The van der Waals surface area contributed by atoms with E-state index in [0.29, 0.717) is 51.4 Å². The summed E-state index contributed by atoms with van der Waals surface area (Å²) in [7, 11) is 2.07. The van der Waals surface area contributed by atoms with Crippen molar-refractivity contribution in [2.75, 3.05) is 38.2 Å². The lowest BCUT2D eigenvalue weighted by atomic mass is 10.0. The van der Waals surface area contributed by atoms with Crippen LogP contribution in [0.2, 0.25) is 5.02 Å². The highest BCUT2D eigenvalue weighted by Gasteiger charge is 2.34. The number of anilines is 1. The Kier molecular flexibility index (Phi) is 5.90. The summed E-state index contributed by atoms with van der Waals surface area (Å²) < 4.78 is 38.2. The summed E-state index contributed by atoms with van der Waals surface area (Å²) in [4.78, 5) is 16.7. The zero-order valence-electron chi connectivity index (χ0n) is 21.1. The predicted molar refractivity (Wildman–Crippen MR) is 145 cm³/mol. The van der Waals surface area contributed by atoms with Crippen molar-refractivity contribution in [3.05, 3.63) is 47.1 Å². The summed E-state index contributed by atoms with van der Waals surface area (Å²) in [5.74, 6) is -0.907. The van der Waals surface area contributed by atoms with E-state index in [0.717, 1.165) is 45.3 Å². The molecule has 0 unspecified atom stereocenters. The number of fused-ring (bicyclic) bond motifs is 4. The summed E-state index contributed by atoms with van der Waals surface area (Å²) >= 11 is 6.45. The largest absolute Gasteiger partial charge is 0.462 e. The van der Waals surface area contributed by atoms with Gasteiger partial charge in [0.05, 0.1) is 10.6 Å². The maximum Gasteiger partial charge on any atom is 0.319 e. The molecule has 7 nitrogen and oxygen atoms in total. The number of likely N-dealkylation sites (N-methyl/N-ethyl adjacent to an activating group) is 1. The summed E-state index contributed by atoms with van der Waals surface area (Å²) in [5.41, 5.74) is 0.950. The molecule has 0 spiro atoms. The second-order valence-corrected chi connectivity index (χ2v) is 11.2. The molecule has 3 saturated heterocycles. The number of hydrogen-bond donors (Lipinski definition) is 2. The van der Waals surface area contributed by atoms with E-state index >= 15 is 8.78 Å². The van der Waals surface area contributed by atoms with Gasteiger partial charge in [0.1, 0.15) is 23.8 Å². The van der Waals surface area contributed by atoms with Crippen LogP contribution in [0.1, 0.15) is 25.7 Å². The Bertz CT molecular complexity index is 1530. The van der Waals surface area contributed by atoms with Gasteiger partial charge in [0, 0.05) is 59.3 Å². The second kappa shape index (κ2) is 9.32. The quantitative estimate of drug-likeness (QED) is 0.367. The van der Waals surface area contributed by atoms with E-state index in [1.165, 1.54) is 6.07 Å². The number of hydrogen-bond acceptors (Lipinski definition) is 6. The van der Waals surface area contributed by atoms with E-state index in [4.69, 9.17) is 21.3 Å². The van der Waals surface area contributed by atoms with Gasteiger partial charge in [-0.15, -0.1) is 0 Å². The number of likely N-dealkylation sites (tertiary alicyclic amines) is 1. The van der Waals surface area contributed by atoms with E-state index < -0.39 is 11.6 Å². The topological polar surface area (TPSA) is 69.3 Å². The van der Waals surface area contributed by atoms with Gasteiger partial charge in [-0.05, 0) is 57.5 Å². The first-order valence-electron chi connectivity index (χ1n) is 13.3. The molecule has 3 aliphatic heterocycles. The molecule has 2 aromatic heterocycles. The van der Waals surface area contributed by atoms with Gasteiger partial charge in [-0.2, -0.15) is 9.97 Å². The molecule has 3 aliphatic rings. The molecule has 2 N–H and O–H groups in total. The SMILES string of the molecule is CN1CCC[C@H]1COc1nc(N2C[C@H]3CC[C@@H](C2)N3)c2cc(F)c(-c3c[nH]c4cccc(Cl)c34)c(F)c2n1. The number of H-pyrrole nitrogens is 1. The summed E-state index contributed by atoms with van der Waals surface area (Å²) in [6.45, 7) is 2.88. The maximum atomic E-state index is 16.4. The average Bonchev–Trinajstić information content (AvgIpc) is 3.61. The number of nitrogens with zero attached hydrogens (tertiary/aromatic N) is 4. The van der Waals surface area contributed by atoms with Crippen LogP contribution in [0.15, 0.2) is 30.5 Å². The minimum absolute atomic E-state index is 0.0495. The van der Waals surface area contributed by atoms with Gasteiger partial charge < -0.3 is 24.8 Å². The van der Waals surface area contributed by atoms with Crippen LogP contribution in [-0.4, -0.2) is 71.3 Å². The first-order chi connectivity index (χ1) is 18.5. The number of halogens is 3. The van der Waals surface area contributed by atoms with Crippen LogP contribution >= 0.6 is 11.6 Å². The number of nitrogens with one attached hydrogen (secondary N) is 2. The smallest absolute Gasteiger partial charge is 0.319 e. The number of rotatable bonds is 5. The van der Waals surface area contributed by atoms with E-state index in [-0.39, 0.29) is 23.1 Å². The van der Waals surface area contributed by atoms with Crippen molar-refractivity contribution in [2.24, 2.45) is 0 Å². The van der Waals surface area contributed by atoms with Crippen molar-refractivity contribution < 1.29 is 13.5 Å². The summed E-state index contributed by atoms with van der Waals surface area (Å²) in [6, 6.07) is 7.73. The molecule has 4 aromatic rings. The van der Waals surface area contributed by atoms with Gasteiger partial charge in [0.25, 0.3) is 0 Å². The fraction of sp³-hybridized carbons (Fsp3) is 0.429. The average molecular weight is 539 g/mol.